The Hall–Kier alpha value is -2.82. The summed E-state index contributed by atoms with van der Waals surface area (Å²) in [4.78, 5) is 52.3. The molecule has 1 saturated carbocycles. The van der Waals surface area contributed by atoms with Crippen LogP contribution in [0.1, 0.15) is 40.0 Å². The van der Waals surface area contributed by atoms with Crippen LogP contribution in [0, 0.1) is 5.92 Å². The predicted octanol–water partition coefficient (Wildman–Crippen LogP) is 2.46. The molecule has 2 aromatic carbocycles. The zero-order valence-corrected chi connectivity index (χ0v) is 22.6. The molecule has 0 radical (unpaired) electrons. The molecular formula is C28H30N2O6S2. The molecule has 2 heterocycles. The molecule has 2 saturated heterocycles. The summed E-state index contributed by atoms with van der Waals surface area (Å²) in [5.74, 6) is -0.976. The van der Waals surface area contributed by atoms with Gasteiger partial charge in [0.25, 0.3) is 11.8 Å². The van der Waals surface area contributed by atoms with Crippen molar-refractivity contribution in [1.82, 2.24) is 10.6 Å². The first-order valence-corrected chi connectivity index (χ1v) is 14.7. The number of fused-ring (bicyclic) bond motifs is 4. The SMILES string of the molecule is COC(=O)CCC[C@@H]1[C@@H]2SC[C@@](NC(=O)c3ccccc3)(C2=O)[C@@]2(O)[C@@H](NC(=O)c3ccccc3)CS[C@@H]12. The molecule has 10 heteroatoms. The van der Waals surface area contributed by atoms with Crippen LogP contribution in [0.3, 0.4) is 0 Å². The number of ketones is 1. The summed E-state index contributed by atoms with van der Waals surface area (Å²) in [6.07, 6.45) is 1.28. The minimum Gasteiger partial charge on any atom is -0.469 e. The normalized spacial score (nSPS) is 31.4. The topological polar surface area (TPSA) is 122 Å². The number of amides is 2. The van der Waals surface area contributed by atoms with E-state index in [1.165, 1.54) is 30.6 Å². The standard InChI is InChI=1S/C28H30N2O6S2/c1-36-21(31)14-8-13-19-22-23(32)27(16-38-22,30-26(34)18-11-6-3-7-12-18)28(35)20(15-37-24(19)28)29-25(33)17-9-4-2-5-10-17/h2-7,9-12,19-20,22,24,35H,8,13-16H2,1H3,(H,29,33)(H,30,34)/t19-,20+,22+,24+,27-,28-/m1/s1. The van der Waals surface area contributed by atoms with Crippen LogP contribution in [0.5, 0.6) is 0 Å². The summed E-state index contributed by atoms with van der Waals surface area (Å²) in [5.41, 5.74) is -2.45. The number of methoxy groups -OCH3 is 1. The van der Waals surface area contributed by atoms with E-state index in [1.54, 1.807) is 54.6 Å². The van der Waals surface area contributed by atoms with Crippen LogP contribution in [0.4, 0.5) is 0 Å². The Kier molecular flexibility index (Phi) is 7.57. The first-order chi connectivity index (χ1) is 18.3. The molecule has 6 atom stereocenters. The van der Waals surface area contributed by atoms with E-state index in [2.05, 4.69) is 10.6 Å². The van der Waals surface area contributed by atoms with Gasteiger partial charge in [-0.1, -0.05) is 36.4 Å². The smallest absolute Gasteiger partial charge is 0.305 e. The average Bonchev–Trinajstić information content (AvgIpc) is 3.42. The number of Topliss-reactive ketones (excluding diaryl/α,β-unsaturated/α-hetero) is 1. The van der Waals surface area contributed by atoms with E-state index in [9.17, 15) is 24.3 Å². The number of benzene rings is 2. The maximum atomic E-state index is 14.1. The van der Waals surface area contributed by atoms with Crippen molar-refractivity contribution in [3.63, 3.8) is 0 Å². The lowest BCUT2D eigenvalue weighted by atomic mass is 9.61. The van der Waals surface area contributed by atoms with Gasteiger partial charge in [-0.3, -0.25) is 19.2 Å². The molecule has 0 spiro atoms. The van der Waals surface area contributed by atoms with E-state index in [0.717, 1.165) is 0 Å². The van der Waals surface area contributed by atoms with Gasteiger partial charge in [-0.25, -0.2) is 0 Å². The molecule has 2 amide bonds. The van der Waals surface area contributed by atoms with Crippen molar-refractivity contribution in [1.29, 1.82) is 0 Å². The predicted molar refractivity (Wildman–Crippen MR) is 146 cm³/mol. The highest BCUT2D eigenvalue weighted by Crippen LogP contribution is 2.59. The number of rotatable bonds is 8. The first-order valence-electron chi connectivity index (χ1n) is 12.6. The van der Waals surface area contributed by atoms with Crippen LogP contribution < -0.4 is 10.6 Å². The number of carbonyl (C=O) groups is 4. The quantitative estimate of drug-likeness (QED) is 0.426. The third-order valence-corrected chi connectivity index (χ3v) is 11.0. The van der Waals surface area contributed by atoms with Crippen molar-refractivity contribution in [2.45, 2.75) is 46.9 Å². The Balaban J connectivity index is 1.49. The largest absolute Gasteiger partial charge is 0.469 e. The minimum atomic E-state index is -1.72. The van der Waals surface area contributed by atoms with Crippen LogP contribution >= 0.6 is 23.5 Å². The van der Waals surface area contributed by atoms with Gasteiger partial charge in [0.2, 0.25) is 0 Å². The monoisotopic (exact) mass is 554 g/mol. The van der Waals surface area contributed by atoms with E-state index in [4.69, 9.17) is 4.74 Å². The maximum absolute atomic E-state index is 14.1. The van der Waals surface area contributed by atoms with Gasteiger partial charge in [-0.05, 0) is 43.0 Å². The molecular weight excluding hydrogens is 524 g/mol. The molecule has 2 aliphatic heterocycles. The van der Waals surface area contributed by atoms with Crippen molar-refractivity contribution in [3.8, 4) is 0 Å². The summed E-state index contributed by atoms with van der Waals surface area (Å²) < 4.78 is 4.77. The molecule has 1 aliphatic carbocycles. The maximum Gasteiger partial charge on any atom is 0.305 e. The Morgan fingerprint density at radius 3 is 2.26 bits per heavy atom. The van der Waals surface area contributed by atoms with Gasteiger partial charge in [0.1, 0.15) is 11.1 Å². The van der Waals surface area contributed by atoms with Gasteiger partial charge < -0.3 is 20.5 Å². The number of nitrogens with one attached hydrogen (secondary N) is 2. The Morgan fingerprint density at radius 1 is 1.00 bits per heavy atom. The second kappa shape index (κ2) is 10.7. The molecule has 2 bridgehead atoms. The molecule has 3 N–H and O–H groups in total. The number of hydrogen-bond acceptors (Lipinski definition) is 8. The number of thioether (sulfide) groups is 2. The van der Waals surface area contributed by atoms with Crippen LogP contribution in [-0.4, -0.2) is 75.0 Å². The van der Waals surface area contributed by atoms with Gasteiger partial charge >= 0.3 is 5.97 Å². The van der Waals surface area contributed by atoms with Gasteiger partial charge in [0, 0.05) is 34.3 Å². The van der Waals surface area contributed by atoms with Crippen molar-refractivity contribution in [2.75, 3.05) is 18.6 Å². The second-order valence-corrected chi connectivity index (χ2v) is 12.2. The zero-order valence-electron chi connectivity index (χ0n) is 20.9. The van der Waals surface area contributed by atoms with Gasteiger partial charge in [-0.15, -0.1) is 11.8 Å². The lowest BCUT2D eigenvalue weighted by molar-refractivity contribution is -0.145. The molecule has 200 valence electrons. The molecule has 0 unspecified atom stereocenters. The first kappa shape index (κ1) is 26.8. The summed E-state index contributed by atoms with van der Waals surface area (Å²) in [6, 6.07) is 16.5. The Bertz CT molecular complexity index is 1230. The lowest BCUT2D eigenvalue weighted by Gasteiger charge is -2.52. The minimum absolute atomic E-state index is 0.202. The third kappa shape index (κ3) is 4.42. The average molecular weight is 555 g/mol. The van der Waals surface area contributed by atoms with Gasteiger partial charge in [-0.2, -0.15) is 11.8 Å². The van der Waals surface area contributed by atoms with Crippen LogP contribution in [-0.2, 0) is 14.3 Å². The van der Waals surface area contributed by atoms with Crippen LogP contribution in [0.25, 0.3) is 0 Å². The fourth-order valence-electron chi connectivity index (χ4n) is 5.96. The van der Waals surface area contributed by atoms with E-state index in [1.807, 2.05) is 6.07 Å². The Labute approximate surface area is 229 Å². The van der Waals surface area contributed by atoms with Gasteiger partial charge in [0.05, 0.1) is 18.4 Å². The molecule has 5 rings (SSSR count). The zero-order chi connectivity index (χ0) is 26.9. The molecule has 0 aromatic heterocycles. The van der Waals surface area contributed by atoms with Crippen molar-refractivity contribution in [3.05, 3.63) is 71.8 Å². The number of esters is 1. The lowest BCUT2D eigenvalue weighted by Crippen LogP contribution is -2.80. The highest BCUT2D eigenvalue weighted by Gasteiger charge is 2.75. The van der Waals surface area contributed by atoms with E-state index in [0.29, 0.717) is 29.7 Å². The summed E-state index contributed by atoms with van der Waals surface area (Å²) in [5, 5.41) is 17.7. The molecule has 2 aromatic rings. The second-order valence-electron chi connectivity index (χ2n) is 9.92. The third-order valence-electron chi connectivity index (χ3n) is 7.88. The number of aliphatic hydroxyl groups is 1. The number of hydrogen-bond donors (Lipinski definition) is 3. The molecule has 3 aliphatic rings. The van der Waals surface area contributed by atoms with Gasteiger partial charge in [0.15, 0.2) is 5.78 Å². The summed E-state index contributed by atoms with van der Waals surface area (Å²) in [7, 11) is 1.34. The number of carbonyl (C=O) groups excluding carboxylic acids is 4. The number of ether oxygens (including phenoxy) is 1. The van der Waals surface area contributed by atoms with E-state index in [-0.39, 0.29) is 35.8 Å². The van der Waals surface area contributed by atoms with E-state index < -0.39 is 33.6 Å². The van der Waals surface area contributed by atoms with Crippen molar-refractivity contribution < 1.29 is 29.0 Å². The molecule has 8 nitrogen and oxygen atoms in total. The van der Waals surface area contributed by atoms with Crippen LogP contribution in [0.15, 0.2) is 60.7 Å². The van der Waals surface area contributed by atoms with Crippen LogP contribution in [0.2, 0.25) is 0 Å². The Morgan fingerprint density at radius 2 is 1.63 bits per heavy atom. The highest BCUT2D eigenvalue weighted by molar-refractivity contribution is 8.02. The fourth-order valence-corrected chi connectivity index (χ4v) is 9.72. The van der Waals surface area contributed by atoms with E-state index >= 15 is 0 Å². The fraction of sp³-hybridized carbons (Fsp3) is 0.429. The van der Waals surface area contributed by atoms with Crippen molar-refractivity contribution in [2.24, 2.45) is 5.92 Å². The summed E-state index contributed by atoms with van der Waals surface area (Å²) >= 11 is 2.95. The van der Waals surface area contributed by atoms with Crippen molar-refractivity contribution >= 4 is 47.1 Å². The molecule has 38 heavy (non-hydrogen) atoms. The highest BCUT2D eigenvalue weighted by atomic mass is 32.2. The summed E-state index contributed by atoms with van der Waals surface area (Å²) in [6.45, 7) is 0. The molecule has 3 fully saturated rings.